The molecule has 2 rings (SSSR count). The van der Waals surface area contributed by atoms with Gasteiger partial charge in [-0.05, 0) is 24.5 Å². The third-order valence-electron chi connectivity index (χ3n) is 3.19. The number of sulfone groups is 1. The van der Waals surface area contributed by atoms with Crippen molar-refractivity contribution in [2.45, 2.75) is 11.3 Å². The maximum atomic E-state index is 12.1. The van der Waals surface area contributed by atoms with Gasteiger partial charge in [-0.25, -0.2) is 21.6 Å². The van der Waals surface area contributed by atoms with Crippen LogP contribution in [0.15, 0.2) is 29.2 Å². The number of nitrogens with one attached hydrogen (secondary N) is 1. The van der Waals surface area contributed by atoms with E-state index in [-0.39, 0.29) is 34.4 Å². The summed E-state index contributed by atoms with van der Waals surface area (Å²) in [6.07, 6.45) is 0.463. The van der Waals surface area contributed by atoms with Crippen LogP contribution >= 0.6 is 0 Å². The largest absolute Gasteiger partial charge is 0.241 e. The number of rotatable bonds is 4. The van der Waals surface area contributed by atoms with Gasteiger partial charge in [0.15, 0.2) is 9.84 Å². The first-order valence-corrected chi connectivity index (χ1v) is 9.34. The van der Waals surface area contributed by atoms with Crippen molar-refractivity contribution in [3.63, 3.8) is 0 Å². The van der Waals surface area contributed by atoms with Crippen LogP contribution < -0.4 is 4.72 Å². The van der Waals surface area contributed by atoms with Gasteiger partial charge in [-0.2, -0.15) is 5.26 Å². The summed E-state index contributed by atoms with van der Waals surface area (Å²) >= 11 is 0. The van der Waals surface area contributed by atoms with E-state index >= 15 is 0 Å². The summed E-state index contributed by atoms with van der Waals surface area (Å²) < 4.78 is 49.3. The summed E-state index contributed by atoms with van der Waals surface area (Å²) in [5, 5.41) is 8.91. The van der Waals surface area contributed by atoms with E-state index in [0.717, 1.165) is 0 Å². The molecule has 1 fully saturated rings. The molecule has 1 N–H and O–H groups in total. The molecule has 1 aliphatic rings. The van der Waals surface area contributed by atoms with Crippen molar-refractivity contribution in [3.8, 4) is 6.07 Å². The molecule has 8 heteroatoms. The van der Waals surface area contributed by atoms with Gasteiger partial charge in [0.25, 0.3) is 0 Å². The number of sulfonamides is 1. The van der Waals surface area contributed by atoms with E-state index in [9.17, 15) is 16.8 Å². The van der Waals surface area contributed by atoms with E-state index in [1.165, 1.54) is 18.2 Å². The second-order valence-electron chi connectivity index (χ2n) is 4.73. The smallest absolute Gasteiger partial charge is 0.229 e. The quantitative estimate of drug-likeness (QED) is 0.859. The van der Waals surface area contributed by atoms with Crippen LogP contribution in [0.4, 0.5) is 0 Å². The first-order chi connectivity index (χ1) is 9.34. The maximum Gasteiger partial charge on any atom is 0.241 e. The highest BCUT2D eigenvalue weighted by Gasteiger charge is 2.29. The molecule has 0 bridgehead atoms. The number of nitrogens with zero attached hydrogens (tertiary/aromatic N) is 1. The second kappa shape index (κ2) is 5.52. The summed E-state index contributed by atoms with van der Waals surface area (Å²) in [5.41, 5.74) is 0.0686. The lowest BCUT2D eigenvalue weighted by Gasteiger charge is -2.11. The Labute approximate surface area is 118 Å². The van der Waals surface area contributed by atoms with E-state index in [1.807, 2.05) is 6.07 Å². The minimum atomic E-state index is -3.80. The molecule has 0 aromatic heterocycles. The van der Waals surface area contributed by atoms with E-state index in [2.05, 4.69) is 4.72 Å². The van der Waals surface area contributed by atoms with Gasteiger partial charge in [-0.1, -0.05) is 12.1 Å². The highest BCUT2D eigenvalue weighted by Crippen LogP contribution is 2.19. The molecule has 6 nitrogen and oxygen atoms in total. The lowest BCUT2D eigenvalue weighted by atomic mass is 10.1. The lowest BCUT2D eigenvalue weighted by Crippen LogP contribution is -2.30. The Morgan fingerprint density at radius 3 is 2.65 bits per heavy atom. The van der Waals surface area contributed by atoms with Crippen LogP contribution in [0.2, 0.25) is 0 Å². The zero-order valence-electron chi connectivity index (χ0n) is 10.6. The van der Waals surface area contributed by atoms with Crippen LogP contribution in [0, 0.1) is 17.2 Å². The summed E-state index contributed by atoms with van der Waals surface area (Å²) in [4.78, 5) is -0.0802. The Balaban J connectivity index is 2.11. The minimum Gasteiger partial charge on any atom is -0.229 e. The molecule has 0 spiro atoms. The van der Waals surface area contributed by atoms with Gasteiger partial charge in [0.2, 0.25) is 10.0 Å². The SMILES string of the molecule is N#Cc1ccccc1S(=O)(=O)NCC1CCS(=O)(=O)C1. The van der Waals surface area contributed by atoms with Crippen molar-refractivity contribution in [2.75, 3.05) is 18.1 Å². The molecule has 1 aromatic carbocycles. The van der Waals surface area contributed by atoms with Crippen LogP contribution in [0.1, 0.15) is 12.0 Å². The Hall–Kier alpha value is -1.43. The van der Waals surface area contributed by atoms with E-state index < -0.39 is 19.9 Å². The van der Waals surface area contributed by atoms with Gasteiger partial charge in [0.05, 0.1) is 22.0 Å². The zero-order chi connectivity index (χ0) is 14.8. The summed E-state index contributed by atoms with van der Waals surface area (Å²) in [6.45, 7) is 0.0708. The zero-order valence-corrected chi connectivity index (χ0v) is 12.2. The number of benzene rings is 1. The molecule has 0 radical (unpaired) electrons. The number of hydrogen-bond acceptors (Lipinski definition) is 5. The van der Waals surface area contributed by atoms with Crippen LogP contribution in [0.5, 0.6) is 0 Å². The molecule has 1 unspecified atom stereocenters. The molecule has 1 aromatic rings. The number of hydrogen-bond donors (Lipinski definition) is 1. The van der Waals surface area contributed by atoms with Gasteiger partial charge >= 0.3 is 0 Å². The molecule has 1 aliphatic heterocycles. The molecular formula is C12H14N2O4S2. The molecule has 108 valence electrons. The maximum absolute atomic E-state index is 12.1. The molecule has 0 saturated carbocycles. The standard InChI is InChI=1S/C12H14N2O4S2/c13-7-11-3-1-2-4-12(11)20(17,18)14-8-10-5-6-19(15,16)9-10/h1-4,10,14H,5-6,8-9H2. The Kier molecular flexibility index (Phi) is 4.13. The Morgan fingerprint density at radius 1 is 1.35 bits per heavy atom. The molecule has 1 atom stereocenters. The highest BCUT2D eigenvalue weighted by atomic mass is 32.2. The van der Waals surface area contributed by atoms with Crippen molar-refractivity contribution < 1.29 is 16.8 Å². The molecule has 0 amide bonds. The average molecular weight is 314 g/mol. The fourth-order valence-corrected chi connectivity index (χ4v) is 5.27. The molecule has 0 aliphatic carbocycles. The van der Waals surface area contributed by atoms with Crippen molar-refractivity contribution in [1.29, 1.82) is 5.26 Å². The van der Waals surface area contributed by atoms with Crippen molar-refractivity contribution in [2.24, 2.45) is 5.92 Å². The van der Waals surface area contributed by atoms with Crippen LogP contribution in [-0.4, -0.2) is 34.9 Å². The topological polar surface area (TPSA) is 104 Å². The van der Waals surface area contributed by atoms with Crippen LogP contribution in [-0.2, 0) is 19.9 Å². The minimum absolute atomic E-state index is 0.00934. The molecule has 1 saturated heterocycles. The summed E-state index contributed by atoms with van der Waals surface area (Å²) in [5.74, 6) is -0.0899. The number of nitriles is 1. The Morgan fingerprint density at radius 2 is 2.05 bits per heavy atom. The molecule has 20 heavy (non-hydrogen) atoms. The molecular weight excluding hydrogens is 300 g/mol. The van der Waals surface area contributed by atoms with Gasteiger partial charge < -0.3 is 0 Å². The van der Waals surface area contributed by atoms with Gasteiger partial charge in [0.1, 0.15) is 6.07 Å². The monoisotopic (exact) mass is 314 g/mol. The summed E-state index contributed by atoms with van der Waals surface area (Å²) in [6, 6.07) is 7.73. The third-order valence-corrected chi connectivity index (χ3v) is 6.50. The lowest BCUT2D eigenvalue weighted by molar-refractivity contribution is 0.543. The fraction of sp³-hybridized carbons (Fsp3) is 0.417. The highest BCUT2D eigenvalue weighted by molar-refractivity contribution is 7.91. The van der Waals surface area contributed by atoms with E-state index in [4.69, 9.17) is 5.26 Å². The summed E-state index contributed by atoms with van der Waals surface area (Å²) in [7, 11) is -6.82. The molecule has 1 heterocycles. The van der Waals surface area contributed by atoms with Crippen molar-refractivity contribution in [3.05, 3.63) is 29.8 Å². The van der Waals surface area contributed by atoms with Crippen LogP contribution in [0.3, 0.4) is 0 Å². The van der Waals surface area contributed by atoms with Gasteiger partial charge in [0, 0.05) is 6.54 Å². The van der Waals surface area contributed by atoms with E-state index in [0.29, 0.717) is 6.42 Å². The second-order valence-corrected chi connectivity index (χ2v) is 8.69. The predicted octanol–water partition coefficient (Wildman–Crippen LogP) is 0.271. The fourth-order valence-electron chi connectivity index (χ4n) is 2.13. The predicted molar refractivity (Wildman–Crippen MR) is 73.1 cm³/mol. The van der Waals surface area contributed by atoms with Crippen molar-refractivity contribution >= 4 is 19.9 Å². The van der Waals surface area contributed by atoms with E-state index in [1.54, 1.807) is 6.07 Å². The Bertz CT molecular complexity index is 748. The third kappa shape index (κ3) is 3.36. The first-order valence-electron chi connectivity index (χ1n) is 6.03. The van der Waals surface area contributed by atoms with Crippen LogP contribution in [0.25, 0.3) is 0 Å². The van der Waals surface area contributed by atoms with Gasteiger partial charge in [-0.3, -0.25) is 0 Å². The normalized spacial score (nSPS) is 21.4. The van der Waals surface area contributed by atoms with Gasteiger partial charge in [-0.15, -0.1) is 0 Å². The van der Waals surface area contributed by atoms with Crippen molar-refractivity contribution in [1.82, 2.24) is 4.72 Å². The average Bonchev–Trinajstić information content (AvgIpc) is 2.76. The first kappa shape index (κ1) is 15.0.